The standard InChI is InChI=1S/C29H30N6OS/c1-20-17-27(36-33-20)24-7-6-21-10-14-35(15-11-22(21)18-24)13-4-16-37-29-32-31-28(34(29)2)25-8-9-26-23(19-25)5-3-12-30-26/h3,5-9,12,17-19H,4,10-11,13-16H2,1-2H3. The van der Waals surface area contributed by atoms with Gasteiger partial charge >= 0.3 is 0 Å². The van der Waals surface area contributed by atoms with Crippen LogP contribution in [-0.4, -0.2) is 55.2 Å². The summed E-state index contributed by atoms with van der Waals surface area (Å²) >= 11 is 1.78. The molecule has 37 heavy (non-hydrogen) atoms. The molecule has 0 atom stereocenters. The number of aromatic nitrogens is 5. The Labute approximate surface area is 220 Å². The molecule has 5 aromatic rings. The fourth-order valence-electron chi connectivity index (χ4n) is 5.01. The van der Waals surface area contributed by atoms with Crippen LogP contribution in [0.5, 0.6) is 0 Å². The third kappa shape index (κ3) is 5.17. The average Bonchev–Trinajstić information content (AvgIpc) is 3.46. The summed E-state index contributed by atoms with van der Waals surface area (Å²) < 4.78 is 7.57. The molecule has 0 bridgehead atoms. The smallest absolute Gasteiger partial charge is 0.191 e. The third-order valence-corrected chi connectivity index (χ3v) is 8.17. The van der Waals surface area contributed by atoms with E-state index in [-0.39, 0.29) is 0 Å². The second kappa shape index (κ2) is 10.5. The molecular formula is C29H30N6OS. The maximum absolute atomic E-state index is 5.47. The van der Waals surface area contributed by atoms with Crippen LogP contribution in [-0.2, 0) is 19.9 Å². The van der Waals surface area contributed by atoms with E-state index in [1.165, 1.54) is 11.1 Å². The second-order valence-electron chi connectivity index (χ2n) is 9.64. The number of hydrogen-bond acceptors (Lipinski definition) is 7. The minimum atomic E-state index is 0.850. The van der Waals surface area contributed by atoms with Crippen molar-refractivity contribution in [1.29, 1.82) is 0 Å². The van der Waals surface area contributed by atoms with Crippen LogP contribution in [0.2, 0.25) is 0 Å². The first kappa shape index (κ1) is 23.9. The Kier molecular flexibility index (Phi) is 6.76. The van der Waals surface area contributed by atoms with Crippen molar-refractivity contribution in [3.63, 3.8) is 0 Å². The molecule has 0 fully saturated rings. The van der Waals surface area contributed by atoms with Crippen molar-refractivity contribution in [2.45, 2.75) is 31.3 Å². The molecule has 4 heterocycles. The Morgan fingerprint density at radius 3 is 2.68 bits per heavy atom. The Bertz CT molecular complexity index is 1540. The molecule has 0 unspecified atom stereocenters. The fraction of sp³-hybridized carbons (Fsp3) is 0.310. The largest absolute Gasteiger partial charge is 0.356 e. The summed E-state index contributed by atoms with van der Waals surface area (Å²) in [6, 6.07) is 19.0. The van der Waals surface area contributed by atoms with Crippen LogP contribution in [0.3, 0.4) is 0 Å². The number of nitrogens with zero attached hydrogens (tertiary/aromatic N) is 6. The summed E-state index contributed by atoms with van der Waals surface area (Å²) in [6.45, 7) is 5.24. The zero-order valence-corrected chi connectivity index (χ0v) is 22.0. The number of pyridine rings is 1. The third-order valence-electron chi connectivity index (χ3n) is 7.06. The van der Waals surface area contributed by atoms with Gasteiger partial charge in [0.15, 0.2) is 16.7 Å². The zero-order chi connectivity index (χ0) is 25.2. The van der Waals surface area contributed by atoms with E-state index in [1.54, 1.807) is 11.8 Å². The lowest BCUT2D eigenvalue weighted by molar-refractivity contribution is 0.289. The molecule has 1 aliphatic rings. The molecule has 0 saturated heterocycles. The van der Waals surface area contributed by atoms with Crippen LogP contribution in [0, 0.1) is 6.92 Å². The van der Waals surface area contributed by atoms with Crippen molar-refractivity contribution in [1.82, 2.24) is 29.8 Å². The fourth-order valence-corrected chi connectivity index (χ4v) is 5.84. The van der Waals surface area contributed by atoms with E-state index in [1.807, 2.05) is 38.4 Å². The predicted molar refractivity (Wildman–Crippen MR) is 148 cm³/mol. The number of hydrogen-bond donors (Lipinski definition) is 0. The van der Waals surface area contributed by atoms with E-state index in [2.05, 4.69) is 66.2 Å². The summed E-state index contributed by atoms with van der Waals surface area (Å²) in [6.07, 6.45) is 5.09. The van der Waals surface area contributed by atoms with Crippen molar-refractivity contribution >= 4 is 22.7 Å². The van der Waals surface area contributed by atoms with Gasteiger partial charge in [-0.3, -0.25) is 4.98 Å². The Hall–Kier alpha value is -3.49. The SMILES string of the molecule is Cc1cc(-c2ccc3c(c2)CCN(CCCSc2nnc(-c4ccc5ncccc5c4)n2C)CC3)on1. The molecule has 1 aliphatic heterocycles. The van der Waals surface area contributed by atoms with Gasteiger partial charge in [-0.2, -0.15) is 0 Å². The molecular weight excluding hydrogens is 480 g/mol. The van der Waals surface area contributed by atoms with E-state index in [0.717, 1.165) is 89.1 Å². The number of benzene rings is 2. The molecule has 6 rings (SSSR count). The van der Waals surface area contributed by atoms with Crippen molar-refractivity contribution < 1.29 is 4.52 Å². The minimum Gasteiger partial charge on any atom is -0.356 e. The van der Waals surface area contributed by atoms with Gasteiger partial charge in [-0.25, -0.2) is 0 Å². The molecule has 188 valence electrons. The van der Waals surface area contributed by atoms with Crippen LogP contribution in [0.4, 0.5) is 0 Å². The molecule has 0 spiro atoms. The van der Waals surface area contributed by atoms with Gasteiger partial charge in [0.25, 0.3) is 0 Å². The summed E-state index contributed by atoms with van der Waals surface area (Å²) in [5.41, 5.74) is 6.97. The van der Waals surface area contributed by atoms with Gasteiger partial charge in [-0.1, -0.05) is 35.1 Å². The highest BCUT2D eigenvalue weighted by Crippen LogP contribution is 2.27. The van der Waals surface area contributed by atoms with Gasteiger partial charge in [0.1, 0.15) is 0 Å². The summed E-state index contributed by atoms with van der Waals surface area (Å²) in [7, 11) is 2.05. The van der Waals surface area contributed by atoms with E-state index in [9.17, 15) is 0 Å². The lowest BCUT2D eigenvalue weighted by atomic mass is 9.99. The maximum atomic E-state index is 5.47. The van der Waals surface area contributed by atoms with Gasteiger partial charge in [0, 0.05) is 54.7 Å². The van der Waals surface area contributed by atoms with Gasteiger partial charge in [-0.15, -0.1) is 10.2 Å². The molecule has 0 N–H and O–H groups in total. The van der Waals surface area contributed by atoms with Crippen LogP contribution in [0.15, 0.2) is 70.5 Å². The van der Waals surface area contributed by atoms with Gasteiger partial charge in [-0.05, 0) is 74.2 Å². The normalized spacial score (nSPS) is 14.1. The van der Waals surface area contributed by atoms with Crippen molar-refractivity contribution in [2.75, 3.05) is 25.4 Å². The van der Waals surface area contributed by atoms with Gasteiger partial charge < -0.3 is 14.0 Å². The molecule has 7 nitrogen and oxygen atoms in total. The molecule has 0 aliphatic carbocycles. The second-order valence-corrected chi connectivity index (χ2v) is 10.7. The van der Waals surface area contributed by atoms with Gasteiger partial charge in [0.05, 0.1) is 11.2 Å². The average molecular weight is 511 g/mol. The Morgan fingerprint density at radius 1 is 0.946 bits per heavy atom. The molecule has 0 saturated carbocycles. The monoisotopic (exact) mass is 510 g/mol. The Balaban J connectivity index is 1.02. The van der Waals surface area contributed by atoms with Crippen molar-refractivity contribution in [2.24, 2.45) is 7.05 Å². The first-order chi connectivity index (χ1) is 18.1. The maximum Gasteiger partial charge on any atom is 0.191 e. The molecule has 2 aromatic carbocycles. The summed E-state index contributed by atoms with van der Waals surface area (Å²) in [4.78, 5) is 7.00. The molecule has 0 radical (unpaired) electrons. The zero-order valence-electron chi connectivity index (χ0n) is 21.2. The van der Waals surface area contributed by atoms with Crippen LogP contribution < -0.4 is 0 Å². The van der Waals surface area contributed by atoms with E-state index in [0.29, 0.717) is 0 Å². The van der Waals surface area contributed by atoms with Crippen LogP contribution in [0.25, 0.3) is 33.6 Å². The highest BCUT2D eigenvalue weighted by atomic mass is 32.2. The molecule has 0 amide bonds. The van der Waals surface area contributed by atoms with Crippen LogP contribution >= 0.6 is 11.8 Å². The summed E-state index contributed by atoms with van der Waals surface area (Å²) in [5, 5.41) is 15.1. The Morgan fingerprint density at radius 2 is 1.81 bits per heavy atom. The molecule has 8 heteroatoms. The summed E-state index contributed by atoms with van der Waals surface area (Å²) in [5.74, 6) is 2.76. The number of fused-ring (bicyclic) bond motifs is 2. The van der Waals surface area contributed by atoms with E-state index in [4.69, 9.17) is 4.52 Å². The minimum absolute atomic E-state index is 0.850. The van der Waals surface area contributed by atoms with Crippen molar-refractivity contribution in [3.05, 3.63) is 77.6 Å². The predicted octanol–water partition coefficient (Wildman–Crippen LogP) is 5.58. The number of rotatable bonds is 7. The first-order valence-electron chi connectivity index (χ1n) is 12.8. The van der Waals surface area contributed by atoms with E-state index >= 15 is 0 Å². The lowest BCUT2D eigenvalue weighted by Gasteiger charge is -2.19. The number of thioether (sulfide) groups is 1. The van der Waals surface area contributed by atoms with Crippen molar-refractivity contribution in [3.8, 4) is 22.7 Å². The van der Waals surface area contributed by atoms with E-state index < -0.39 is 0 Å². The quantitative estimate of drug-likeness (QED) is 0.209. The topological polar surface area (TPSA) is 72.9 Å². The first-order valence-corrected chi connectivity index (χ1v) is 13.8. The molecule has 3 aromatic heterocycles. The van der Waals surface area contributed by atoms with Gasteiger partial charge in [0.2, 0.25) is 0 Å². The highest BCUT2D eigenvalue weighted by Gasteiger charge is 2.16. The highest BCUT2D eigenvalue weighted by molar-refractivity contribution is 7.99. The number of aryl methyl sites for hydroxylation is 1. The lowest BCUT2D eigenvalue weighted by Crippen LogP contribution is -2.27. The van der Waals surface area contributed by atoms with Crippen LogP contribution in [0.1, 0.15) is 23.2 Å².